The molecule has 0 aliphatic rings. The van der Waals surface area contributed by atoms with E-state index in [1.165, 1.54) is 0 Å². The van der Waals surface area contributed by atoms with Crippen molar-refractivity contribution in [2.24, 2.45) is 5.73 Å². The highest BCUT2D eigenvalue weighted by molar-refractivity contribution is 6.25. The van der Waals surface area contributed by atoms with Crippen molar-refractivity contribution in [3.63, 3.8) is 0 Å². The number of aromatic nitrogens is 1. The lowest BCUT2D eigenvalue weighted by molar-refractivity contribution is -0.148. The summed E-state index contributed by atoms with van der Waals surface area (Å²) >= 11 is 0. The molecule has 0 bridgehead atoms. The molecule has 2 aromatic rings. The van der Waals surface area contributed by atoms with Crippen molar-refractivity contribution in [3.05, 3.63) is 36.0 Å². The highest BCUT2D eigenvalue weighted by Gasteiger charge is 2.26. The molecule has 0 saturated heterocycles. The zero-order valence-corrected chi connectivity index (χ0v) is 15.6. The first-order valence-electron chi connectivity index (χ1n) is 8.96. The minimum Gasteiger partial charge on any atom is -0.464 e. The molecule has 1 heterocycles. The zero-order chi connectivity index (χ0) is 20.5. The van der Waals surface area contributed by atoms with Gasteiger partial charge in [-0.05, 0) is 31.4 Å². The third kappa shape index (κ3) is 5.60. The molecule has 0 unspecified atom stereocenters. The second-order valence-corrected chi connectivity index (χ2v) is 6.25. The Hall–Kier alpha value is -3.29. The highest BCUT2D eigenvalue weighted by atomic mass is 16.5. The second-order valence-electron chi connectivity index (χ2n) is 6.25. The van der Waals surface area contributed by atoms with E-state index in [1.54, 1.807) is 13.1 Å². The van der Waals surface area contributed by atoms with Crippen LogP contribution >= 0.6 is 0 Å². The Morgan fingerprint density at radius 3 is 2.82 bits per heavy atom. The van der Waals surface area contributed by atoms with E-state index in [2.05, 4.69) is 15.1 Å². The van der Waals surface area contributed by atoms with Crippen LogP contribution in [-0.2, 0) is 25.5 Å². The van der Waals surface area contributed by atoms with E-state index < -0.39 is 29.7 Å². The monoisotopic (exact) mass is 386 g/mol. The number of rotatable bonds is 10. The summed E-state index contributed by atoms with van der Waals surface area (Å²) in [5, 5.41) is 3.55. The number of carbonyl (C=O) groups excluding carboxylic acids is 3. The Bertz CT molecular complexity index is 901. The van der Waals surface area contributed by atoms with Crippen LogP contribution in [0.25, 0.3) is 10.9 Å². The molecule has 148 valence electrons. The van der Waals surface area contributed by atoms with E-state index in [0.717, 1.165) is 22.7 Å². The summed E-state index contributed by atoms with van der Waals surface area (Å²) < 4.78 is 4.96. The molecule has 2 atom stereocenters. The van der Waals surface area contributed by atoms with Gasteiger partial charge in [-0.2, -0.15) is 0 Å². The first kappa shape index (κ1) is 21.0. The fourth-order valence-electron chi connectivity index (χ4n) is 2.82. The first-order chi connectivity index (χ1) is 13.5. The normalized spacial score (nSPS) is 12.6. The van der Waals surface area contributed by atoms with Crippen LogP contribution in [0.2, 0.25) is 0 Å². The molecule has 0 fully saturated rings. The molecule has 0 radical (unpaired) electrons. The fraction of sp³-hybridized carbons (Fsp3) is 0.368. The maximum absolute atomic E-state index is 12.5. The first-order valence-corrected chi connectivity index (χ1v) is 8.96. The number of nitrogens with two attached hydrogens (primary N) is 1. The highest BCUT2D eigenvalue weighted by Crippen LogP contribution is 2.18. The molecule has 1 amide bonds. The number of nitrogens with zero attached hydrogens (tertiary/aromatic N) is 1. The molecule has 1 aromatic heterocycles. The van der Waals surface area contributed by atoms with Gasteiger partial charge in [-0.25, -0.2) is 4.79 Å². The number of carbonyl (C=O) groups is 3. The molecule has 28 heavy (non-hydrogen) atoms. The van der Waals surface area contributed by atoms with Gasteiger partial charge < -0.3 is 20.8 Å². The summed E-state index contributed by atoms with van der Waals surface area (Å²) in [5.74, 6) is -1.56. The minimum absolute atomic E-state index is 0.0369. The van der Waals surface area contributed by atoms with Crippen molar-refractivity contribution in [1.82, 2.24) is 10.3 Å². The number of hydrogen-bond acceptors (Lipinski definition) is 6. The van der Waals surface area contributed by atoms with E-state index >= 15 is 0 Å². The van der Waals surface area contributed by atoms with Gasteiger partial charge in [0, 0.05) is 23.5 Å². The molecular weight excluding hydrogens is 362 g/mol. The fourth-order valence-corrected chi connectivity index (χ4v) is 2.82. The average Bonchev–Trinajstić information content (AvgIpc) is 3.08. The number of benzene rings is 1. The van der Waals surface area contributed by atoms with Gasteiger partial charge in [-0.3, -0.25) is 9.59 Å². The lowest BCUT2D eigenvalue weighted by atomic mass is 10.0. The topological polar surface area (TPSA) is 152 Å². The van der Waals surface area contributed by atoms with Crippen molar-refractivity contribution in [2.75, 3.05) is 6.61 Å². The number of fused-ring (bicyclic) bond motifs is 1. The molecule has 1 aromatic carbocycles. The van der Waals surface area contributed by atoms with Crippen molar-refractivity contribution < 1.29 is 23.9 Å². The SMILES string of the molecule is CCOC(=O)[C@H](CCC(=O)C=[N+]=N)NC(=O)[C@@H](N)Cc1c[nH]c2ccccc12. The number of amides is 1. The van der Waals surface area contributed by atoms with Crippen LogP contribution in [0.4, 0.5) is 0 Å². The van der Waals surface area contributed by atoms with E-state index in [4.69, 9.17) is 16.0 Å². The Kier molecular flexibility index (Phi) is 7.62. The Balaban J connectivity index is 2.02. The van der Waals surface area contributed by atoms with Crippen LogP contribution < -0.4 is 11.1 Å². The quantitative estimate of drug-likeness (QED) is 0.205. The van der Waals surface area contributed by atoms with Crippen LogP contribution in [0.15, 0.2) is 30.5 Å². The summed E-state index contributed by atoms with van der Waals surface area (Å²) in [5.41, 5.74) is 14.5. The maximum atomic E-state index is 12.5. The third-order valence-corrected chi connectivity index (χ3v) is 4.23. The molecule has 9 nitrogen and oxygen atoms in total. The number of Topliss-reactive ketones (excluding diaryl/α,β-unsaturated/α-hetero) is 1. The van der Waals surface area contributed by atoms with Crippen LogP contribution in [0.5, 0.6) is 0 Å². The van der Waals surface area contributed by atoms with Gasteiger partial charge in [0.1, 0.15) is 6.04 Å². The summed E-state index contributed by atoms with van der Waals surface area (Å²) in [6, 6.07) is 5.81. The van der Waals surface area contributed by atoms with Crippen LogP contribution in [0.1, 0.15) is 25.3 Å². The Labute approximate surface area is 161 Å². The van der Waals surface area contributed by atoms with Crippen molar-refractivity contribution in [2.45, 2.75) is 38.3 Å². The van der Waals surface area contributed by atoms with Crippen molar-refractivity contribution in [1.29, 1.82) is 5.53 Å². The predicted octanol–water partition coefficient (Wildman–Crippen LogP) is 0.745. The van der Waals surface area contributed by atoms with E-state index in [-0.39, 0.29) is 25.9 Å². The summed E-state index contributed by atoms with van der Waals surface area (Å²) in [6.45, 7) is 1.80. The van der Waals surface area contributed by atoms with E-state index in [1.807, 2.05) is 24.3 Å². The van der Waals surface area contributed by atoms with Gasteiger partial charge in [0.15, 0.2) is 0 Å². The molecule has 2 rings (SSSR count). The molecule has 0 aliphatic carbocycles. The molecule has 0 saturated carbocycles. The average molecular weight is 386 g/mol. The van der Waals surface area contributed by atoms with Crippen molar-refractivity contribution in [3.8, 4) is 0 Å². The lowest BCUT2D eigenvalue weighted by Gasteiger charge is -2.19. The van der Waals surface area contributed by atoms with E-state index in [9.17, 15) is 14.4 Å². The molecule has 9 heteroatoms. The number of para-hydroxylation sites is 1. The summed E-state index contributed by atoms with van der Waals surface area (Å²) in [6.07, 6.45) is 2.93. The van der Waals surface area contributed by atoms with Gasteiger partial charge in [0.25, 0.3) is 0 Å². The number of ether oxygens (including phenoxy) is 1. The van der Waals surface area contributed by atoms with Gasteiger partial charge in [-0.1, -0.05) is 18.2 Å². The van der Waals surface area contributed by atoms with Crippen molar-refractivity contribution >= 4 is 34.8 Å². The van der Waals surface area contributed by atoms with Gasteiger partial charge in [-0.15, -0.1) is 0 Å². The lowest BCUT2D eigenvalue weighted by Crippen LogP contribution is -2.49. The maximum Gasteiger partial charge on any atom is 0.372 e. The minimum atomic E-state index is -0.996. The van der Waals surface area contributed by atoms with Crippen LogP contribution in [0.3, 0.4) is 0 Å². The number of H-pyrrole nitrogens is 1. The Morgan fingerprint density at radius 1 is 1.36 bits per heavy atom. The standard InChI is InChI=1S/C19H23N5O4/c1-2-28-19(27)17(8-7-13(25)11-23-21)24-18(26)15(20)9-12-10-22-16-6-4-3-5-14(12)16/h3-6,10-11,15,17,21-22H,2,7-9,20H2,1H3/p+1/t15-,17-/m0/s1. The zero-order valence-electron chi connectivity index (χ0n) is 15.6. The van der Waals surface area contributed by atoms with Gasteiger partial charge in [0.2, 0.25) is 11.7 Å². The van der Waals surface area contributed by atoms with Gasteiger partial charge >= 0.3 is 12.2 Å². The molecule has 5 N–H and O–H groups in total. The number of nitrogens with one attached hydrogen (secondary N) is 3. The largest absolute Gasteiger partial charge is 0.464 e. The number of hydrogen-bond donors (Lipinski definition) is 4. The predicted molar refractivity (Wildman–Crippen MR) is 102 cm³/mol. The van der Waals surface area contributed by atoms with Crippen LogP contribution in [0, 0.1) is 5.53 Å². The van der Waals surface area contributed by atoms with Crippen LogP contribution in [-0.4, -0.2) is 52.3 Å². The van der Waals surface area contributed by atoms with Gasteiger partial charge in [0.05, 0.1) is 23.0 Å². The van der Waals surface area contributed by atoms with E-state index in [0.29, 0.717) is 0 Å². The molecule has 0 aliphatic heterocycles. The third-order valence-electron chi connectivity index (χ3n) is 4.23. The Morgan fingerprint density at radius 2 is 2.11 bits per heavy atom. The number of aromatic amines is 1. The summed E-state index contributed by atoms with van der Waals surface area (Å²) in [4.78, 5) is 42.1. The number of ketones is 1. The molecular formula is C19H24N5O4+. The number of esters is 1. The summed E-state index contributed by atoms with van der Waals surface area (Å²) in [7, 11) is 0. The second kappa shape index (κ2) is 10.1. The molecule has 0 spiro atoms. The smallest absolute Gasteiger partial charge is 0.372 e.